The number of anilines is 2. The van der Waals surface area contributed by atoms with Crippen LogP contribution in [0, 0.1) is 5.82 Å². The Labute approximate surface area is 161 Å². The van der Waals surface area contributed by atoms with Gasteiger partial charge < -0.3 is 15.6 Å². The van der Waals surface area contributed by atoms with E-state index in [0.717, 1.165) is 24.2 Å². The maximum Gasteiger partial charge on any atom is 0.274 e. The summed E-state index contributed by atoms with van der Waals surface area (Å²) >= 11 is 0. The molecule has 4 aromatic rings. The molecule has 0 bridgehead atoms. The molecule has 0 saturated carbocycles. The third kappa shape index (κ3) is 4.01. The van der Waals surface area contributed by atoms with E-state index in [1.165, 1.54) is 23.1 Å². The van der Waals surface area contributed by atoms with Gasteiger partial charge in [-0.3, -0.25) is 9.78 Å². The summed E-state index contributed by atoms with van der Waals surface area (Å²) in [4.78, 5) is 19.7. The quantitative estimate of drug-likeness (QED) is 0.462. The fourth-order valence-electron chi connectivity index (χ4n) is 3.11. The van der Waals surface area contributed by atoms with Crippen molar-refractivity contribution in [2.45, 2.75) is 6.42 Å². The molecule has 0 atom stereocenters. The number of benzene rings is 2. The molecule has 0 radical (unpaired) electrons. The highest BCUT2D eigenvalue weighted by Crippen LogP contribution is 2.18. The summed E-state index contributed by atoms with van der Waals surface area (Å²) in [5.74, 6) is -0.788. The number of hydrogen-bond donors (Lipinski definition) is 3. The van der Waals surface area contributed by atoms with Crippen molar-refractivity contribution in [1.82, 2.24) is 9.97 Å². The number of H-pyrrole nitrogens is 1. The van der Waals surface area contributed by atoms with E-state index in [1.54, 1.807) is 24.4 Å². The van der Waals surface area contributed by atoms with Gasteiger partial charge in [-0.1, -0.05) is 24.3 Å². The number of aromatic nitrogens is 2. The lowest BCUT2D eigenvalue weighted by Crippen LogP contribution is -2.14. The van der Waals surface area contributed by atoms with Crippen molar-refractivity contribution in [3.05, 3.63) is 90.1 Å². The van der Waals surface area contributed by atoms with Gasteiger partial charge in [0.1, 0.15) is 11.5 Å². The molecule has 0 aliphatic rings. The number of amides is 1. The number of carbonyl (C=O) groups excluding carboxylic acids is 1. The largest absolute Gasteiger partial charge is 0.385 e. The van der Waals surface area contributed by atoms with Crippen molar-refractivity contribution in [2.24, 2.45) is 0 Å². The maximum absolute atomic E-state index is 13.3. The van der Waals surface area contributed by atoms with E-state index in [1.807, 2.05) is 24.4 Å². The van der Waals surface area contributed by atoms with Crippen LogP contribution < -0.4 is 10.6 Å². The molecule has 2 aromatic heterocycles. The number of pyridine rings is 1. The average Bonchev–Trinajstić information content (AvgIpc) is 3.11. The van der Waals surface area contributed by atoms with Crippen LogP contribution in [0.3, 0.4) is 0 Å². The second-order valence-electron chi connectivity index (χ2n) is 6.43. The number of hydrogen-bond acceptors (Lipinski definition) is 3. The molecule has 0 fully saturated rings. The Balaban J connectivity index is 1.39. The number of nitrogens with one attached hydrogen (secondary N) is 3. The smallest absolute Gasteiger partial charge is 0.274 e. The standard InChI is InChI=1S/C22H19FN4O/c23-16-4-3-5-18(12-16)27-22(28)21-13-17(9-11-25-21)24-10-8-15-14-26-20-7-2-1-6-19(15)20/h1-7,9,11-14,26H,8,10H2,(H,24,25)(H,27,28). The second kappa shape index (κ2) is 7.92. The van der Waals surface area contributed by atoms with Crippen molar-refractivity contribution < 1.29 is 9.18 Å². The maximum atomic E-state index is 13.3. The minimum absolute atomic E-state index is 0.265. The Morgan fingerprint density at radius 1 is 1.04 bits per heavy atom. The van der Waals surface area contributed by atoms with Gasteiger partial charge >= 0.3 is 0 Å². The number of halogens is 1. The predicted octanol–water partition coefficient (Wildman–Crippen LogP) is 4.61. The molecule has 0 unspecified atom stereocenters. The molecule has 6 heteroatoms. The number of aromatic amines is 1. The van der Waals surface area contributed by atoms with Crippen LogP contribution in [0.15, 0.2) is 73.1 Å². The van der Waals surface area contributed by atoms with Gasteiger partial charge in [-0.15, -0.1) is 0 Å². The molecular formula is C22H19FN4O. The van der Waals surface area contributed by atoms with E-state index in [9.17, 15) is 9.18 Å². The minimum Gasteiger partial charge on any atom is -0.385 e. The molecular weight excluding hydrogens is 355 g/mol. The van der Waals surface area contributed by atoms with Gasteiger partial charge in [-0.25, -0.2) is 4.39 Å². The summed E-state index contributed by atoms with van der Waals surface area (Å²) in [5, 5.41) is 7.19. The van der Waals surface area contributed by atoms with E-state index in [4.69, 9.17) is 0 Å². The van der Waals surface area contributed by atoms with Gasteiger partial charge in [0.15, 0.2) is 0 Å². The molecule has 0 saturated heterocycles. The van der Waals surface area contributed by atoms with Crippen LogP contribution in [0.1, 0.15) is 16.1 Å². The average molecular weight is 374 g/mol. The van der Waals surface area contributed by atoms with Crippen LogP contribution in [-0.2, 0) is 6.42 Å². The molecule has 28 heavy (non-hydrogen) atoms. The molecule has 0 spiro atoms. The Bertz CT molecular complexity index is 1120. The van der Waals surface area contributed by atoms with Crippen LogP contribution in [0.25, 0.3) is 10.9 Å². The Morgan fingerprint density at radius 3 is 2.82 bits per heavy atom. The number of carbonyl (C=O) groups is 1. The predicted molar refractivity (Wildman–Crippen MR) is 109 cm³/mol. The van der Waals surface area contributed by atoms with E-state index in [0.29, 0.717) is 5.69 Å². The molecule has 2 heterocycles. The summed E-state index contributed by atoms with van der Waals surface area (Å²) in [6.45, 7) is 0.719. The van der Waals surface area contributed by atoms with Crippen molar-refractivity contribution in [2.75, 3.05) is 17.2 Å². The molecule has 0 aliphatic heterocycles. The van der Waals surface area contributed by atoms with Crippen LogP contribution in [0.2, 0.25) is 0 Å². The van der Waals surface area contributed by atoms with Crippen LogP contribution >= 0.6 is 0 Å². The lowest BCUT2D eigenvalue weighted by Gasteiger charge is -2.08. The van der Waals surface area contributed by atoms with Crippen LogP contribution in [0.5, 0.6) is 0 Å². The first-order valence-corrected chi connectivity index (χ1v) is 9.01. The van der Waals surface area contributed by atoms with Gasteiger partial charge in [0.25, 0.3) is 5.91 Å². The summed E-state index contributed by atoms with van der Waals surface area (Å²) in [6, 6.07) is 17.4. The number of para-hydroxylation sites is 1. The van der Waals surface area contributed by atoms with Crippen LogP contribution in [0.4, 0.5) is 15.8 Å². The van der Waals surface area contributed by atoms with Gasteiger partial charge in [-0.05, 0) is 48.4 Å². The van der Waals surface area contributed by atoms with E-state index >= 15 is 0 Å². The Morgan fingerprint density at radius 2 is 1.93 bits per heavy atom. The van der Waals surface area contributed by atoms with E-state index in [-0.39, 0.29) is 11.6 Å². The first kappa shape index (κ1) is 17.7. The number of nitrogens with zero attached hydrogens (tertiary/aromatic N) is 1. The van der Waals surface area contributed by atoms with E-state index < -0.39 is 5.82 Å². The SMILES string of the molecule is O=C(Nc1cccc(F)c1)c1cc(NCCc2c[nH]c3ccccc23)ccn1. The van der Waals surface area contributed by atoms with Crippen LogP contribution in [-0.4, -0.2) is 22.4 Å². The summed E-state index contributed by atoms with van der Waals surface area (Å²) in [5.41, 5.74) is 3.82. The lowest BCUT2D eigenvalue weighted by atomic mass is 10.1. The molecule has 2 aromatic carbocycles. The zero-order valence-electron chi connectivity index (χ0n) is 15.1. The zero-order chi connectivity index (χ0) is 19.3. The minimum atomic E-state index is -0.404. The van der Waals surface area contributed by atoms with Gasteiger partial charge in [0.05, 0.1) is 0 Å². The topological polar surface area (TPSA) is 69.8 Å². The molecule has 5 nitrogen and oxygen atoms in total. The fourth-order valence-corrected chi connectivity index (χ4v) is 3.11. The third-order valence-electron chi connectivity index (χ3n) is 4.47. The van der Waals surface area contributed by atoms with Gasteiger partial charge in [-0.2, -0.15) is 0 Å². The molecule has 3 N–H and O–H groups in total. The third-order valence-corrected chi connectivity index (χ3v) is 4.47. The highest BCUT2D eigenvalue weighted by atomic mass is 19.1. The van der Waals surface area contributed by atoms with Gasteiger partial charge in [0.2, 0.25) is 0 Å². The molecule has 0 aliphatic carbocycles. The summed E-state index contributed by atoms with van der Waals surface area (Å²) < 4.78 is 13.3. The number of rotatable bonds is 6. The normalized spacial score (nSPS) is 10.8. The van der Waals surface area contributed by atoms with Crippen molar-refractivity contribution in [3.8, 4) is 0 Å². The van der Waals surface area contributed by atoms with E-state index in [2.05, 4.69) is 32.7 Å². The van der Waals surface area contributed by atoms with Gasteiger partial charge in [0, 0.05) is 41.2 Å². The Hall–Kier alpha value is -3.67. The zero-order valence-corrected chi connectivity index (χ0v) is 15.1. The fraction of sp³-hybridized carbons (Fsp3) is 0.0909. The molecule has 4 rings (SSSR count). The Kier molecular flexibility index (Phi) is 5.01. The molecule has 140 valence electrons. The highest BCUT2D eigenvalue weighted by molar-refractivity contribution is 6.03. The lowest BCUT2D eigenvalue weighted by molar-refractivity contribution is 0.102. The first-order valence-electron chi connectivity index (χ1n) is 9.01. The summed E-state index contributed by atoms with van der Waals surface area (Å²) in [7, 11) is 0. The first-order chi connectivity index (χ1) is 13.7. The highest BCUT2D eigenvalue weighted by Gasteiger charge is 2.09. The second-order valence-corrected chi connectivity index (χ2v) is 6.43. The van der Waals surface area contributed by atoms with Crippen molar-refractivity contribution in [3.63, 3.8) is 0 Å². The van der Waals surface area contributed by atoms with Crippen molar-refractivity contribution in [1.29, 1.82) is 0 Å². The number of fused-ring (bicyclic) bond motifs is 1. The van der Waals surface area contributed by atoms with Crippen molar-refractivity contribution >= 4 is 28.2 Å². The molecule has 1 amide bonds. The monoisotopic (exact) mass is 374 g/mol. The summed E-state index contributed by atoms with van der Waals surface area (Å²) in [6.07, 6.45) is 4.45.